The van der Waals surface area contributed by atoms with E-state index in [-0.39, 0.29) is 5.56 Å². The highest BCUT2D eigenvalue weighted by Gasteiger charge is 2.14. The van der Waals surface area contributed by atoms with E-state index in [1.165, 1.54) is 12.1 Å². The number of hydrogen-bond donors (Lipinski definition) is 1. The lowest BCUT2D eigenvalue weighted by atomic mass is 10.0. The quantitative estimate of drug-likeness (QED) is 0.886. The van der Waals surface area contributed by atoms with E-state index in [1.54, 1.807) is 12.3 Å². The second-order valence-electron chi connectivity index (χ2n) is 3.87. The summed E-state index contributed by atoms with van der Waals surface area (Å²) in [5.41, 5.74) is 6.04. The Hall–Kier alpha value is -1.68. The summed E-state index contributed by atoms with van der Waals surface area (Å²) in [6.07, 6.45) is 2.68. The molecule has 4 heteroatoms. The molecule has 0 aliphatic carbocycles. The Morgan fingerprint density at radius 3 is 2.71 bits per heavy atom. The molecular weight excluding hydrogens is 224 g/mol. The average molecular weight is 237 g/mol. The van der Waals surface area contributed by atoms with E-state index in [0.717, 1.165) is 11.8 Å². The van der Waals surface area contributed by atoms with E-state index in [4.69, 9.17) is 10.2 Å². The molecule has 2 rings (SSSR count). The van der Waals surface area contributed by atoms with Crippen LogP contribution in [0.1, 0.15) is 23.8 Å². The van der Waals surface area contributed by atoms with Crippen molar-refractivity contribution in [2.24, 2.45) is 5.73 Å². The first-order valence-corrected chi connectivity index (χ1v) is 5.40. The van der Waals surface area contributed by atoms with Crippen molar-refractivity contribution < 1.29 is 13.2 Å². The number of aryl methyl sites for hydroxylation is 1. The van der Waals surface area contributed by atoms with Gasteiger partial charge in [0.1, 0.15) is 5.76 Å². The summed E-state index contributed by atoms with van der Waals surface area (Å²) in [6, 6.07) is 7.12. The molecular formula is C13H13F2NO. The monoisotopic (exact) mass is 237 g/mol. The number of benzene rings is 1. The molecule has 1 heterocycles. The molecule has 0 saturated heterocycles. The van der Waals surface area contributed by atoms with Crippen molar-refractivity contribution in [1.82, 2.24) is 0 Å². The molecule has 2 aromatic rings. The van der Waals surface area contributed by atoms with E-state index in [1.807, 2.05) is 6.07 Å². The summed E-state index contributed by atoms with van der Waals surface area (Å²) in [6.45, 7) is 0. The Bertz CT molecular complexity index is 482. The third kappa shape index (κ3) is 2.71. The Kier molecular flexibility index (Phi) is 3.54. The van der Waals surface area contributed by atoms with Crippen LogP contribution in [0.25, 0.3) is 0 Å². The molecule has 0 fully saturated rings. The van der Waals surface area contributed by atoms with Crippen LogP contribution in [0.4, 0.5) is 8.78 Å². The van der Waals surface area contributed by atoms with E-state index in [0.29, 0.717) is 12.8 Å². The lowest BCUT2D eigenvalue weighted by Gasteiger charge is -2.12. The van der Waals surface area contributed by atoms with Crippen LogP contribution in [0, 0.1) is 11.6 Å². The Labute approximate surface area is 98.0 Å². The summed E-state index contributed by atoms with van der Waals surface area (Å²) < 4.78 is 31.6. The van der Waals surface area contributed by atoms with Crippen LogP contribution in [0.5, 0.6) is 0 Å². The minimum absolute atomic E-state index is 0.205. The van der Waals surface area contributed by atoms with Crippen molar-refractivity contribution in [2.45, 2.75) is 18.9 Å². The molecule has 1 unspecified atom stereocenters. The van der Waals surface area contributed by atoms with Gasteiger partial charge in [0.25, 0.3) is 0 Å². The van der Waals surface area contributed by atoms with Gasteiger partial charge >= 0.3 is 0 Å². The van der Waals surface area contributed by atoms with Gasteiger partial charge in [0.2, 0.25) is 0 Å². The summed E-state index contributed by atoms with van der Waals surface area (Å²) >= 11 is 0. The van der Waals surface area contributed by atoms with Crippen molar-refractivity contribution >= 4 is 0 Å². The number of halogens is 2. The smallest absolute Gasteiger partial charge is 0.163 e. The number of hydrogen-bond acceptors (Lipinski definition) is 2. The van der Waals surface area contributed by atoms with E-state index < -0.39 is 17.7 Å². The molecule has 2 nitrogen and oxygen atoms in total. The summed E-state index contributed by atoms with van der Waals surface area (Å²) in [4.78, 5) is 0. The van der Waals surface area contributed by atoms with Crippen LogP contribution in [-0.2, 0) is 6.42 Å². The summed E-state index contributed by atoms with van der Waals surface area (Å²) in [5, 5.41) is 0. The van der Waals surface area contributed by atoms with Crippen LogP contribution < -0.4 is 5.73 Å². The fraction of sp³-hybridized carbons (Fsp3) is 0.231. The molecule has 1 atom stereocenters. The lowest BCUT2D eigenvalue weighted by molar-refractivity contribution is 0.466. The first-order chi connectivity index (χ1) is 8.18. The zero-order chi connectivity index (χ0) is 12.3. The van der Waals surface area contributed by atoms with Gasteiger partial charge in [-0.2, -0.15) is 0 Å². The second kappa shape index (κ2) is 5.10. The first kappa shape index (κ1) is 11.8. The Morgan fingerprint density at radius 2 is 2.00 bits per heavy atom. The van der Waals surface area contributed by atoms with Crippen molar-refractivity contribution in [3.8, 4) is 0 Å². The molecule has 0 saturated carbocycles. The molecule has 0 radical (unpaired) electrons. The maximum Gasteiger partial charge on any atom is 0.163 e. The summed E-state index contributed by atoms with van der Waals surface area (Å²) in [7, 11) is 0. The molecule has 1 aromatic carbocycles. The number of furan rings is 1. The van der Waals surface area contributed by atoms with Gasteiger partial charge < -0.3 is 10.2 Å². The Balaban J connectivity index is 2.04. The van der Waals surface area contributed by atoms with Gasteiger partial charge in [-0.15, -0.1) is 0 Å². The molecule has 0 aliphatic rings. The molecule has 0 bridgehead atoms. The SMILES string of the molecule is NC(CCc1ccco1)c1cccc(F)c1F. The van der Waals surface area contributed by atoms with Gasteiger partial charge in [-0.25, -0.2) is 8.78 Å². The highest BCUT2D eigenvalue weighted by atomic mass is 19.2. The largest absolute Gasteiger partial charge is 0.469 e. The maximum absolute atomic E-state index is 13.4. The van der Waals surface area contributed by atoms with Crippen LogP contribution in [0.15, 0.2) is 41.0 Å². The number of nitrogens with two attached hydrogens (primary N) is 1. The highest BCUT2D eigenvalue weighted by molar-refractivity contribution is 5.22. The predicted octanol–water partition coefficient (Wildman–Crippen LogP) is 3.19. The molecule has 2 N–H and O–H groups in total. The highest BCUT2D eigenvalue weighted by Crippen LogP contribution is 2.21. The van der Waals surface area contributed by atoms with Crippen molar-refractivity contribution in [3.63, 3.8) is 0 Å². The van der Waals surface area contributed by atoms with E-state index in [9.17, 15) is 8.78 Å². The minimum atomic E-state index is -0.865. The zero-order valence-corrected chi connectivity index (χ0v) is 9.20. The van der Waals surface area contributed by atoms with Crippen molar-refractivity contribution in [2.75, 3.05) is 0 Å². The fourth-order valence-electron chi connectivity index (χ4n) is 1.71. The van der Waals surface area contributed by atoms with Gasteiger partial charge in [-0.3, -0.25) is 0 Å². The zero-order valence-electron chi connectivity index (χ0n) is 9.20. The number of rotatable bonds is 4. The van der Waals surface area contributed by atoms with Gasteiger partial charge in [0.05, 0.1) is 6.26 Å². The van der Waals surface area contributed by atoms with Crippen LogP contribution >= 0.6 is 0 Å². The average Bonchev–Trinajstić information content (AvgIpc) is 2.82. The first-order valence-electron chi connectivity index (χ1n) is 5.40. The summed E-state index contributed by atoms with van der Waals surface area (Å²) in [5.74, 6) is -0.937. The molecule has 17 heavy (non-hydrogen) atoms. The molecule has 0 amide bonds. The molecule has 0 aliphatic heterocycles. The maximum atomic E-state index is 13.4. The molecule has 1 aromatic heterocycles. The predicted molar refractivity (Wildman–Crippen MR) is 60.3 cm³/mol. The van der Waals surface area contributed by atoms with Gasteiger partial charge in [-0.1, -0.05) is 12.1 Å². The third-order valence-corrected chi connectivity index (χ3v) is 2.66. The second-order valence-corrected chi connectivity index (χ2v) is 3.87. The van der Waals surface area contributed by atoms with Crippen molar-refractivity contribution in [3.05, 3.63) is 59.6 Å². The van der Waals surface area contributed by atoms with Gasteiger partial charge in [-0.05, 0) is 24.6 Å². The molecule has 90 valence electrons. The van der Waals surface area contributed by atoms with E-state index >= 15 is 0 Å². The minimum Gasteiger partial charge on any atom is -0.469 e. The van der Waals surface area contributed by atoms with Crippen LogP contribution in [0.2, 0.25) is 0 Å². The van der Waals surface area contributed by atoms with Crippen molar-refractivity contribution in [1.29, 1.82) is 0 Å². The van der Waals surface area contributed by atoms with Crippen LogP contribution in [-0.4, -0.2) is 0 Å². The third-order valence-electron chi connectivity index (χ3n) is 2.66. The lowest BCUT2D eigenvalue weighted by Crippen LogP contribution is -2.13. The normalized spacial score (nSPS) is 12.6. The topological polar surface area (TPSA) is 39.2 Å². The fourth-order valence-corrected chi connectivity index (χ4v) is 1.71. The van der Waals surface area contributed by atoms with Gasteiger partial charge in [0, 0.05) is 18.0 Å². The van der Waals surface area contributed by atoms with Gasteiger partial charge in [0.15, 0.2) is 11.6 Å². The molecule has 0 spiro atoms. The van der Waals surface area contributed by atoms with E-state index in [2.05, 4.69) is 0 Å². The Morgan fingerprint density at radius 1 is 1.18 bits per heavy atom. The van der Waals surface area contributed by atoms with Crippen LogP contribution in [0.3, 0.4) is 0 Å². The standard InChI is InChI=1S/C13H13F2NO/c14-11-5-1-4-10(13(11)15)12(16)7-6-9-3-2-8-17-9/h1-5,8,12H,6-7,16H2.